The molecule has 1 saturated carbocycles. The van der Waals surface area contributed by atoms with Gasteiger partial charge in [0.2, 0.25) is 0 Å². The lowest BCUT2D eigenvalue weighted by atomic mass is 9.91. The number of hydrogen-bond acceptors (Lipinski definition) is 2. The van der Waals surface area contributed by atoms with Gasteiger partial charge < -0.3 is 15.3 Å². The van der Waals surface area contributed by atoms with E-state index in [0.29, 0.717) is 25.3 Å². The van der Waals surface area contributed by atoms with Crippen LogP contribution in [0.15, 0.2) is 0 Å². The van der Waals surface area contributed by atoms with Gasteiger partial charge in [0, 0.05) is 12.6 Å². The van der Waals surface area contributed by atoms with Crippen LogP contribution >= 0.6 is 0 Å². The average molecular weight is 296 g/mol. The second-order valence-electron chi connectivity index (χ2n) is 6.62. The Kier molecular flexibility index (Phi) is 5.12. The number of carboxylic acid groups (broad SMARTS) is 1. The highest BCUT2D eigenvalue weighted by atomic mass is 16.4. The van der Waals surface area contributed by atoms with E-state index < -0.39 is 11.5 Å². The van der Waals surface area contributed by atoms with Crippen molar-refractivity contribution in [3.8, 4) is 0 Å². The third-order valence-electron chi connectivity index (χ3n) is 5.25. The van der Waals surface area contributed by atoms with Crippen LogP contribution in [-0.2, 0) is 4.79 Å². The molecule has 120 valence electrons. The molecule has 2 atom stereocenters. The summed E-state index contributed by atoms with van der Waals surface area (Å²) in [5.41, 5.74) is -0.992. The Morgan fingerprint density at radius 2 is 2.00 bits per heavy atom. The van der Waals surface area contributed by atoms with Crippen LogP contribution in [0.3, 0.4) is 0 Å². The Labute approximate surface area is 127 Å². The van der Waals surface area contributed by atoms with Crippen molar-refractivity contribution in [3.05, 3.63) is 0 Å². The van der Waals surface area contributed by atoms with Gasteiger partial charge in [0.15, 0.2) is 0 Å². The van der Waals surface area contributed by atoms with Gasteiger partial charge >= 0.3 is 12.0 Å². The highest BCUT2D eigenvalue weighted by molar-refractivity contribution is 5.87. The second-order valence-corrected chi connectivity index (χ2v) is 6.62. The smallest absolute Gasteiger partial charge is 0.329 e. The van der Waals surface area contributed by atoms with Crippen LogP contribution in [0.1, 0.15) is 65.2 Å². The monoisotopic (exact) mass is 296 g/mol. The summed E-state index contributed by atoms with van der Waals surface area (Å²) in [5.74, 6) is -0.313. The molecule has 1 saturated heterocycles. The first kappa shape index (κ1) is 16.1. The lowest BCUT2D eigenvalue weighted by molar-refractivity contribution is -0.148. The molecular formula is C16H28N2O3. The van der Waals surface area contributed by atoms with Crippen LogP contribution < -0.4 is 5.32 Å². The van der Waals surface area contributed by atoms with Crippen molar-refractivity contribution in [2.24, 2.45) is 5.92 Å². The van der Waals surface area contributed by atoms with Gasteiger partial charge in [-0.1, -0.05) is 26.2 Å². The van der Waals surface area contributed by atoms with E-state index in [1.165, 1.54) is 25.7 Å². The van der Waals surface area contributed by atoms with E-state index in [1.807, 2.05) is 13.8 Å². The van der Waals surface area contributed by atoms with Crippen molar-refractivity contribution >= 4 is 12.0 Å². The molecule has 0 bridgehead atoms. The van der Waals surface area contributed by atoms with Gasteiger partial charge in [-0.3, -0.25) is 0 Å². The normalized spacial score (nSPS) is 27.8. The van der Waals surface area contributed by atoms with E-state index >= 15 is 0 Å². The highest BCUT2D eigenvalue weighted by Crippen LogP contribution is 2.34. The Morgan fingerprint density at radius 1 is 1.33 bits per heavy atom. The van der Waals surface area contributed by atoms with Crippen molar-refractivity contribution in [1.29, 1.82) is 0 Å². The molecule has 2 unspecified atom stereocenters. The lowest BCUT2D eigenvalue weighted by Gasteiger charge is -2.36. The summed E-state index contributed by atoms with van der Waals surface area (Å²) in [7, 11) is 0. The topological polar surface area (TPSA) is 69.6 Å². The molecule has 0 aromatic carbocycles. The maximum absolute atomic E-state index is 12.6. The minimum Gasteiger partial charge on any atom is -0.479 e. The van der Waals surface area contributed by atoms with Gasteiger partial charge in [0.25, 0.3) is 0 Å². The van der Waals surface area contributed by atoms with E-state index in [4.69, 9.17) is 0 Å². The van der Waals surface area contributed by atoms with Gasteiger partial charge in [-0.25, -0.2) is 9.59 Å². The van der Waals surface area contributed by atoms with Crippen molar-refractivity contribution < 1.29 is 14.7 Å². The minimum atomic E-state index is -0.992. The third-order valence-corrected chi connectivity index (χ3v) is 5.25. The van der Waals surface area contributed by atoms with Gasteiger partial charge in [-0.05, 0) is 44.9 Å². The van der Waals surface area contributed by atoms with E-state index in [2.05, 4.69) is 5.32 Å². The predicted octanol–water partition coefficient (Wildman–Crippen LogP) is 2.99. The summed E-state index contributed by atoms with van der Waals surface area (Å²) in [6, 6.07) is -0.0588. The molecule has 0 spiro atoms. The first-order chi connectivity index (χ1) is 10.0. The Balaban J connectivity index is 2.04. The number of hydrogen-bond donors (Lipinski definition) is 2. The Morgan fingerprint density at radius 3 is 2.57 bits per heavy atom. The third kappa shape index (κ3) is 3.16. The highest BCUT2D eigenvalue weighted by Gasteiger charge is 2.49. The van der Waals surface area contributed by atoms with Crippen LogP contribution in [0.5, 0.6) is 0 Å². The number of rotatable bonds is 5. The molecular weight excluding hydrogens is 268 g/mol. The number of urea groups is 1. The molecule has 1 heterocycles. The van der Waals surface area contributed by atoms with E-state index in [0.717, 1.165) is 12.8 Å². The molecule has 5 heteroatoms. The number of carbonyl (C=O) groups is 2. The number of carboxylic acids is 1. The lowest BCUT2D eigenvalue weighted by Crippen LogP contribution is -2.57. The number of nitrogens with one attached hydrogen (secondary N) is 1. The van der Waals surface area contributed by atoms with E-state index in [-0.39, 0.29) is 12.1 Å². The van der Waals surface area contributed by atoms with Gasteiger partial charge in [-0.2, -0.15) is 0 Å². The zero-order valence-corrected chi connectivity index (χ0v) is 13.2. The quantitative estimate of drug-likeness (QED) is 0.819. The molecule has 2 N–H and O–H groups in total. The van der Waals surface area contributed by atoms with Crippen LogP contribution in [0, 0.1) is 5.92 Å². The Bertz CT molecular complexity index is 393. The maximum Gasteiger partial charge on any atom is 0.329 e. The van der Waals surface area contributed by atoms with Crippen LogP contribution in [0.25, 0.3) is 0 Å². The minimum absolute atomic E-state index is 0.133. The fourth-order valence-electron chi connectivity index (χ4n) is 4.03. The maximum atomic E-state index is 12.6. The van der Waals surface area contributed by atoms with Gasteiger partial charge in [0.05, 0.1) is 0 Å². The molecule has 0 aromatic rings. The molecule has 1 aliphatic heterocycles. The molecule has 2 fully saturated rings. The van der Waals surface area contributed by atoms with Crippen molar-refractivity contribution in [3.63, 3.8) is 0 Å². The van der Waals surface area contributed by atoms with E-state index in [9.17, 15) is 14.7 Å². The van der Waals surface area contributed by atoms with Crippen molar-refractivity contribution in [1.82, 2.24) is 10.2 Å². The number of aliphatic carboxylic acids is 1. The van der Waals surface area contributed by atoms with Crippen LogP contribution in [0.4, 0.5) is 4.79 Å². The number of carbonyl (C=O) groups excluding carboxylic acids is 1. The van der Waals surface area contributed by atoms with Gasteiger partial charge in [-0.15, -0.1) is 0 Å². The van der Waals surface area contributed by atoms with Crippen molar-refractivity contribution in [2.45, 2.75) is 76.8 Å². The summed E-state index contributed by atoms with van der Waals surface area (Å²) in [6.45, 7) is 4.57. The zero-order chi connectivity index (χ0) is 15.5. The van der Waals surface area contributed by atoms with Gasteiger partial charge in [0.1, 0.15) is 5.54 Å². The van der Waals surface area contributed by atoms with Crippen molar-refractivity contribution in [2.75, 3.05) is 6.54 Å². The summed E-state index contributed by atoms with van der Waals surface area (Å²) in [6.07, 6.45) is 7.47. The molecule has 1 aliphatic carbocycles. The number of likely N-dealkylation sites (tertiary alicyclic amines) is 1. The summed E-state index contributed by atoms with van der Waals surface area (Å²) in [4.78, 5) is 25.9. The Hall–Kier alpha value is -1.26. The summed E-state index contributed by atoms with van der Waals surface area (Å²) < 4.78 is 0. The standard InChI is InChI=1S/C16H28N2O3/c1-3-9-16(14(19)20)10-6-11-18(16)15(21)17-12(2)13-7-4-5-8-13/h12-13H,3-11H2,1-2H3,(H,17,21)(H,19,20). The second kappa shape index (κ2) is 6.67. The molecule has 0 radical (unpaired) electrons. The largest absolute Gasteiger partial charge is 0.479 e. The molecule has 0 aromatic heterocycles. The average Bonchev–Trinajstić information content (AvgIpc) is 3.08. The fraction of sp³-hybridized carbons (Fsp3) is 0.875. The fourth-order valence-corrected chi connectivity index (χ4v) is 4.03. The molecule has 5 nitrogen and oxygen atoms in total. The molecule has 21 heavy (non-hydrogen) atoms. The zero-order valence-electron chi connectivity index (χ0n) is 13.2. The van der Waals surface area contributed by atoms with Crippen LogP contribution in [-0.4, -0.2) is 40.1 Å². The predicted molar refractivity (Wildman–Crippen MR) is 81.2 cm³/mol. The molecule has 2 aliphatic rings. The number of nitrogens with zero attached hydrogens (tertiary/aromatic N) is 1. The van der Waals surface area contributed by atoms with E-state index in [1.54, 1.807) is 4.90 Å². The SMILES string of the molecule is CCCC1(C(=O)O)CCCN1C(=O)NC(C)C1CCCC1. The first-order valence-corrected chi connectivity index (χ1v) is 8.33. The summed E-state index contributed by atoms with van der Waals surface area (Å²) in [5, 5.41) is 12.7. The number of amides is 2. The van der Waals surface area contributed by atoms with Crippen LogP contribution in [0.2, 0.25) is 0 Å². The summed E-state index contributed by atoms with van der Waals surface area (Å²) >= 11 is 0. The first-order valence-electron chi connectivity index (χ1n) is 8.33. The molecule has 2 rings (SSSR count). The molecule has 2 amide bonds.